The van der Waals surface area contributed by atoms with E-state index >= 15 is 0 Å². The molecule has 0 aromatic heterocycles. The third kappa shape index (κ3) is 5.84. The van der Waals surface area contributed by atoms with Crippen LogP contribution in [0, 0.1) is 23.7 Å². The van der Waals surface area contributed by atoms with Crippen LogP contribution >= 0.6 is 0 Å². The van der Waals surface area contributed by atoms with Gasteiger partial charge >= 0.3 is 0 Å². The summed E-state index contributed by atoms with van der Waals surface area (Å²) in [4.78, 5) is 12.4. The number of ether oxygens (including phenoxy) is 3. The Balaban J connectivity index is 2.04. The van der Waals surface area contributed by atoms with Crippen LogP contribution in [0.25, 0.3) is 0 Å². The first kappa shape index (κ1) is 18.3. The second kappa shape index (κ2) is 9.27. The quantitative estimate of drug-likeness (QED) is 0.418. The number of hydrogen-bond donors (Lipinski definition) is 0. The van der Waals surface area contributed by atoms with Gasteiger partial charge in [0.1, 0.15) is 18.6 Å². The summed E-state index contributed by atoms with van der Waals surface area (Å²) < 4.78 is 15.6. The highest BCUT2D eigenvalue weighted by Gasteiger charge is 2.24. The molecule has 0 bridgehead atoms. The van der Waals surface area contributed by atoms with Crippen LogP contribution in [0.5, 0.6) is 5.75 Å². The Labute approximate surface area is 143 Å². The van der Waals surface area contributed by atoms with Crippen molar-refractivity contribution >= 4 is 5.78 Å². The Kier molecular flexibility index (Phi) is 7.05. The van der Waals surface area contributed by atoms with Crippen LogP contribution in [0.4, 0.5) is 0 Å². The van der Waals surface area contributed by atoms with Crippen LogP contribution in [-0.2, 0) is 14.3 Å². The highest BCUT2D eigenvalue weighted by molar-refractivity contribution is 5.99. The molecular formula is C20H24O4. The van der Waals surface area contributed by atoms with Crippen molar-refractivity contribution in [3.8, 4) is 17.6 Å². The first-order valence-electron chi connectivity index (χ1n) is 8.13. The predicted molar refractivity (Wildman–Crippen MR) is 92.7 cm³/mol. The summed E-state index contributed by atoms with van der Waals surface area (Å²) in [5, 5.41) is 0. The van der Waals surface area contributed by atoms with E-state index in [2.05, 4.69) is 17.9 Å². The van der Waals surface area contributed by atoms with Crippen molar-refractivity contribution in [2.24, 2.45) is 11.8 Å². The minimum atomic E-state index is -0.620. The molecule has 1 saturated carbocycles. The largest absolute Gasteiger partial charge is 0.497 e. The number of carbonyl (C=O) groups excluding carboxylic acids is 1. The topological polar surface area (TPSA) is 44.8 Å². The lowest BCUT2D eigenvalue weighted by Gasteiger charge is -2.18. The minimum Gasteiger partial charge on any atom is -0.497 e. The average molecular weight is 328 g/mol. The maximum atomic E-state index is 12.4. The Morgan fingerprint density at radius 2 is 2.00 bits per heavy atom. The Morgan fingerprint density at radius 3 is 2.58 bits per heavy atom. The molecule has 0 aliphatic heterocycles. The molecule has 0 N–H and O–H groups in total. The summed E-state index contributed by atoms with van der Waals surface area (Å²) in [5.41, 5.74) is 0.760. The standard InChI is InChI=1S/C20H24O4/c1-15(4-5-16-6-7-16)20(24-14-22-2)19(21)13-10-17-8-11-18(23-3)12-9-17/h4-5,8-9,11-12,15-16,20H,6-7,14H2,1-3H3/b5-4+/t15?,20-/m1/s1. The van der Waals surface area contributed by atoms with Crippen molar-refractivity contribution in [3.63, 3.8) is 0 Å². The summed E-state index contributed by atoms with van der Waals surface area (Å²) in [6, 6.07) is 7.27. The number of carbonyl (C=O) groups is 1. The summed E-state index contributed by atoms with van der Waals surface area (Å²) in [7, 11) is 3.15. The molecule has 2 atom stereocenters. The van der Waals surface area contributed by atoms with Crippen molar-refractivity contribution in [2.45, 2.75) is 25.9 Å². The Morgan fingerprint density at radius 1 is 1.29 bits per heavy atom. The molecule has 1 aromatic rings. The number of Topliss-reactive ketones (excluding diaryl/α,β-unsaturated/α-hetero) is 1. The van der Waals surface area contributed by atoms with Crippen molar-refractivity contribution in [2.75, 3.05) is 21.0 Å². The SMILES string of the molecule is COCO[C@@H](C(=O)C#Cc1ccc(OC)cc1)C(C)/C=C/C1CC1. The van der Waals surface area contributed by atoms with E-state index in [0.717, 1.165) is 11.3 Å². The molecule has 1 aliphatic carbocycles. The van der Waals surface area contributed by atoms with Gasteiger partial charge in [0.25, 0.3) is 0 Å². The van der Waals surface area contributed by atoms with E-state index < -0.39 is 6.10 Å². The number of allylic oxidation sites excluding steroid dienone is 1. The normalized spacial score (nSPS) is 16.3. The number of ketones is 1. The first-order chi connectivity index (χ1) is 11.6. The highest BCUT2D eigenvalue weighted by Crippen LogP contribution is 2.30. The summed E-state index contributed by atoms with van der Waals surface area (Å²) in [5.74, 6) is 6.71. The zero-order chi connectivity index (χ0) is 17.4. The zero-order valence-electron chi connectivity index (χ0n) is 14.5. The second-order valence-electron chi connectivity index (χ2n) is 5.92. The molecular weight excluding hydrogens is 304 g/mol. The smallest absolute Gasteiger partial charge is 0.235 e. The molecule has 4 nitrogen and oxygen atoms in total. The third-order valence-electron chi connectivity index (χ3n) is 3.83. The molecule has 128 valence electrons. The fraction of sp³-hybridized carbons (Fsp3) is 0.450. The summed E-state index contributed by atoms with van der Waals surface area (Å²) >= 11 is 0. The molecule has 4 heteroatoms. The van der Waals surface area contributed by atoms with Crippen molar-refractivity contribution in [3.05, 3.63) is 42.0 Å². The molecule has 0 amide bonds. The number of methoxy groups -OCH3 is 2. The van der Waals surface area contributed by atoms with Gasteiger partial charge in [0.05, 0.1) is 7.11 Å². The molecule has 0 radical (unpaired) electrons. The van der Waals surface area contributed by atoms with E-state index in [-0.39, 0.29) is 18.5 Å². The van der Waals surface area contributed by atoms with Gasteiger partial charge in [-0.05, 0) is 48.9 Å². The van der Waals surface area contributed by atoms with E-state index in [1.165, 1.54) is 20.0 Å². The Bertz CT molecular complexity index is 617. The van der Waals surface area contributed by atoms with Gasteiger partial charge in [-0.1, -0.05) is 25.0 Å². The maximum absolute atomic E-state index is 12.4. The molecule has 1 fully saturated rings. The fourth-order valence-electron chi connectivity index (χ4n) is 2.21. The van der Waals surface area contributed by atoms with Crippen LogP contribution in [0.3, 0.4) is 0 Å². The van der Waals surface area contributed by atoms with Crippen LogP contribution in [0.15, 0.2) is 36.4 Å². The average Bonchev–Trinajstić information content (AvgIpc) is 3.43. The lowest BCUT2D eigenvalue weighted by Crippen LogP contribution is -2.30. The highest BCUT2D eigenvalue weighted by atomic mass is 16.7. The molecule has 24 heavy (non-hydrogen) atoms. The van der Waals surface area contributed by atoms with Gasteiger partial charge in [0.2, 0.25) is 5.78 Å². The van der Waals surface area contributed by atoms with Gasteiger partial charge in [0, 0.05) is 18.6 Å². The van der Waals surface area contributed by atoms with Crippen molar-refractivity contribution in [1.82, 2.24) is 0 Å². The second-order valence-corrected chi connectivity index (χ2v) is 5.92. The van der Waals surface area contributed by atoms with Gasteiger partial charge in [-0.15, -0.1) is 0 Å². The van der Waals surface area contributed by atoms with E-state index in [0.29, 0.717) is 5.92 Å². The first-order valence-corrected chi connectivity index (χ1v) is 8.13. The van der Waals surface area contributed by atoms with E-state index in [4.69, 9.17) is 14.2 Å². The van der Waals surface area contributed by atoms with Gasteiger partial charge < -0.3 is 14.2 Å². The molecule has 1 unspecified atom stereocenters. The van der Waals surface area contributed by atoms with E-state index in [9.17, 15) is 4.79 Å². The number of rotatable bonds is 8. The molecule has 1 aliphatic rings. The van der Waals surface area contributed by atoms with E-state index in [1.54, 1.807) is 7.11 Å². The van der Waals surface area contributed by atoms with Crippen LogP contribution in [-0.4, -0.2) is 32.9 Å². The zero-order valence-corrected chi connectivity index (χ0v) is 14.5. The van der Waals surface area contributed by atoms with E-state index in [1.807, 2.05) is 37.3 Å². The van der Waals surface area contributed by atoms with Gasteiger partial charge in [-0.3, -0.25) is 4.79 Å². The molecule has 0 heterocycles. The lowest BCUT2D eigenvalue weighted by atomic mass is 9.99. The minimum absolute atomic E-state index is 0.0431. The lowest BCUT2D eigenvalue weighted by molar-refractivity contribution is -0.137. The number of benzene rings is 1. The monoisotopic (exact) mass is 328 g/mol. The predicted octanol–water partition coefficient (Wildman–Crippen LogP) is 3.21. The molecule has 1 aromatic carbocycles. The van der Waals surface area contributed by atoms with Gasteiger partial charge in [0.15, 0.2) is 0 Å². The molecule has 2 rings (SSSR count). The molecule has 0 spiro atoms. The van der Waals surface area contributed by atoms with Crippen molar-refractivity contribution < 1.29 is 19.0 Å². The third-order valence-corrected chi connectivity index (χ3v) is 3.83. The van der Waals surface area contributed by atoms with Crippen molar-refractivity contribution in [1.29, 1.82) is 0 Å². The van der Waals surface area contributed by atoms with Crippen LogP contribution < -0.4 is 4.74 Å². The fourth-order valence-corrected chi connectivity index (χ4v) is 2.21. The van der Waals surface area contributed by atoms with Gasteiger partial charge in [-0.2, -0.15) is 0 Å². The van der Waals surface area contributed by atoms with Gasteiger partial charge in [-0.25, -0.2) is 0 Å². The molecule has 0 saturated heterocycles. The number of hydrogen-bond acceptors (Lipinski definition) is 4. The Hall–Kier alpha value is -2.09. The summed E-state index contributed by atoms with van der Waals surface area (Å²) in [6.07, 6.45) is 6.06. The van der Waals surface area contributed by atoms with Crippen LogP contribution in [0.2, 0.25) is 0 Å². The summed E-state index contributed by atoms with van der Waals surface area (Å²) in [6.45, 7) is 2.04. The maximum Gasteiger partial charge on any atom is 0.235 e. The van der Waals surface area contributed by atoms with Crippen LogP contribution in [0.1, 0.15) is 25.3 Å².